The van der Waals surface area contributed by atoms with Crippen molar-refractivity contribution in [1.82, 2.24) is 5.32 Å². The fourth-order valence-electron chi connectivity index (χ4n) is 6.03. The SMILES string of the molecule is CC[C@H]1O[C@H](OCC2O[C@@H](OCCCCCCCCC(=O)OC)C(O)C(O)[C@@H]2O)C(O[C@@H]2OC(CO)[C@@H](O)C(O)C2NC(C)=O)C(O)[C@H]1O. The lowest BCUT2D eigenvalue weighted by molar-refractivity contribution is -0.362. The molecule has 15 atom stereocenters. The summed E-state index contributed by atoms with van der Waals surface area (Å²) < 4.78 is 39.3. The van der Waals surface area contributed by atoms with E-state index < -0.39 is 111 Å². The molecule has 0 spiro atoms. The third-order valence-electron chi connectivity index (χ3n) is 8.97. The van der Waals surface area contributed by atoms with E-state index in [1.165, 1.54) is 7.11 Å². The largest absolute Gasteiger partial charge is 0.469 e. The Morgan fingerprint density at radius 1 is 0.673 bits per heavy atom. The molecule has 3 aliphatic heterocycles. The highest BCUT2D eigenvalue weighted by molar-refractivity contribution is 5.73. The molecule has 49 heavy (non-hydrogen) atoms. The number of amides is 1. The van der Waals surface area contributed by atoms with Crippen molar-refractivity contribution in [2.45, 2.75) is 157 Å². The molecule has 3 saturated heterocycles. The second-order valence-electron chi connectivity index (χ2n) is 12.6. The van der Waals surface area contributed by atoms with E-state index in [0.29, 0.717) is 12.8 Å². The zero-order valence-electron chi connectivity index (χ0n) is 28.2. The first-order valence-corrected chi connectivity index (χ1v) is 16.9. The van der Waals surface area contributed by atoms with Crippen LogP contribution in [-0.2, 0) is 42.7 Å². The number of aliphatic hydroxyl groups is 8. The van der Waals surface area contributed by atoms with Crippen LogP contribution < -0.4 is 5.32 Å². The van der Waals surface area contributed by atoms with E-state index in [2.05, 4.69) is 10.1 Å². The van der Waals surface area contributed by atoms with Crippen LogP contribution in [0.5, 0.6) is 0 Å². The van der Waals surface area contributed by atoms with Crippen molar-refractivity contribution in [2.24, 2.45) is 0 Å². The quantitative estimate of drug-likeness (QED) is 0.0503. The number of unbranched alkanes of at least 4 members (excludes halogenated alkanes) is 5. The van der Waals surface area contributed by atoms with Crippen molar-refractivity contribution in [2.75, 3.05) is 26.9 Å². The van der Waals surface area contributed by atoms with Gasteiger partial charge in [-0.1, -0.05) is 32.6 Å². The zero-order valence-corrected chi connectivity index (χ0v) is 28.2. The van der Waals surface area contributed by atoms with Crippen LogP contribution in [0.25, 0.3) is 0 Å². The van der Waals surface area contributed by atoms with Gasteiger partial charge in [-0.2, -0.15) is 0 Å². The second-order valence-corrected chi connectivity index (χ2v) is 12.6. The fourth-order valence-corrected chi connectivity index (χ4v) is 6.03. The number of rotatable bonds is 18. The molecular weight excluding hydrogens is 658 g/mol. The number of methoxy groups -OCH3 is 1. The summed E-state index contributed by atoms with van der Waals surface area (Å²) in [5.74, 6) is -0.842. The molecule has 3 aliphatic rings. The van der Waals surface area contributed by atoms with Gasteiger partial charge in [0.25, 0.3) is 0 Å². The number of esters is 1. The van der Waals surface area contributed by atoms with Crippen LogP contribution in [0, 0.1) is 0 Å². The summed E-state index contributed by atoms with van der Waals surface area (Å²) in [5, 5.41) is 86.5. The molecule has 0 aliphatic carbocycles. The van der Waals surface area contributed by atoms with Crippen molar-refractivity contribution < 1.29 is 83.6 Å². The van der Waals surface area contributed by atoms with Gasteiger partial charge in [-0.15, -0.1) is 0 Å². The van der Waals surface area contributed by atoms with Gasteiger partial charge in [0.15, 0.2) is 18.9 Å². The highest BCUT2D eigenvalue weighted by atomic mass is 16.8. The van der Waals surface area contributed by atoms with Gasteiger partial charge in [0.2, 0.25) is 5.91 Å². The summed E-state index contributed by atoms with van der Waals surface area (Å²) >= 11 is 0. The Morgan fingerprint density at radius 2 is 1.27 bits per heavy atom. The minimum absolute atomic E-state index is 0.191. The Hall–Kier alpha value is -1.62. The molecule has 3 heterocycles. The van der Waals surface area contributed by atoms with Crippen molar-refractivity contribution in [1.29, 1.82) is 0 Å². The van der Waals surface area contributed by atoms with Gasteiger partial charge in [0, 0.05) is 20.0 Å². The van der Waals surface area contributed by atoms with E-state index in [1.807, 2.05) is 0 Å². The van der Waals surface area contributed by atoms with E-state index in [4.69, 9.17) is 28.4 Å². The lowest BCUT2D eigenvalue weighted by Crippen LogP contribution is -2.67. The molecular formula is C31H55NO17. The number of carbonyl (C=O) groups excluding carboxylic acids is 2. The van der Waals surface area contributed by atoms with Gasteiger partial charge in [-0.25, -0.2) is 0 Å². The van der Waals surface area contributed by atoms with Gasteiger partial charge < -0.3 is 79.3 Å². The number of carbonyl (C=O) groups is 2. The van der Waals surface area contributed by atoms with Crippen molar-refractivity contribution >= 4 is 11.9 Å². The molecule has 0 bridgehead atoms. The molecule has 0 radical (unpaired) electrons. The molecule has 0 saturated carbocycles. The molecule has 0 aromatic rings. The molecule has 3 rings (SSSR count). The predicted molar refractivity (Wildman–Crippen MR) is 164 cm³/mol. The average molecular weight is 714 g/mol. The lowest BCUT2D eigenvalue weighted by Gasteiger charge is -2.47. The molecule has 286 valence electrons. The van der Waals surface area contributed by atoms with E-state index in [-0.39, 0.29) is 19.0 Å². The van der Waals surface area contributed by atoms with Crippen LogP contribution in [0.2, 0.25) is 0 Å². The van der Waals surface area contributed by atoms with Gasteiger partial charge in [-0.3, -0.25) is 9.59 Å². The fraction of sp³-hybridized carbons (Fsp3) is 0.935. The maximum absolute atomic E-state index is 11.9. The van der Waals surface area contributed by atoms with Crippen LogP contribution in [0.4, 0.5) is 0 Å². The Balaban J connectivity index is 1.61. The zero-order chi connectivity index (χ0) is 36.2. The standard InChI is InChI=1S/C31H55NO17/c1-4-16-21(36)26(41)28(49-29-20(32-15(2)34)24(39)22(37)17(13-33)47-29)31(46-16)45-14-18-23(38)25(40)27(42)30(48-18)44-12-10-8-6-5-7-9-11-19(35)43-3/h16-18,20-31,33,36-42H,4-14H2,1-3H3,(H,32,34)/t16-,17?,18?,20?,21+,22-,23-,24?,25?,26?,27?,28?,29+,30-,31+/m1/s1. The van der Waals surface area contributed by atoms with Crippen molar-refractivity contribution in [3.05, 3.63) is 0 Å². The molecule has 1 amide bonds. The Bertz CT molecular complexity index is 994. The van der Waals surface area contributed by atoms with E-state index in [9.17, 15) is 50.4 Å². The van der Waals surface area contributed by atoms with E-state index >= 15 is 0 Å². The molecule has 18 heteroatoms. The monoisotopic (exact) mass is 713 g/mol. The molecule has 8 unspecified atom stereocenters. The van der Waals surface area contributed by atoms with E-state index in [0.717, 1.165) is 39.0 Å². The average Bonchev–Trinajstić information content (AvgIpc) is 3.08. The summed E-state index contributed by atoms with van der Waals surface area (Å²) in [6, 6.07) is -1.37. The van der Waals surface area contributed by atoms with Gasteiger partial charge >= 0.3 is 5.97 Å². The summed E-state index contributed by atoms with van der Waals surface area (Å²) in [4.78, 5) is 23.1. The molecule has 18 nitrogen and oxygen atoms in total. The summed E-state index contributed by atoms with van der Waals surface area (Å²) in [6.45, 7) is 1.85. The minimum Gasteiger partial charge on any atom is -0.469 e. The lowest BCUT2D eigenvalue weighted by atomic mass is 9.95. The predicted octanol–water partition coefficient (Wildman–Crippen LogP) is -3.08. The third-order valence-corrected chi connectivity index (χ3v) is 8.97. The van der Waals surface area contributed by atoms with Crippen LogP contribution in [0.3, 0.4) is 0 Å². The third kappa shape index (κ3) is 11.4. The highest BCUT2D eigenvalue weighted by Gasteiger charge is 2.52. The Morgan fingerprint density at radius 3 is 1.90 bits per heavy atom. The van der Waals surface area contributed by atoms with Crippen LogP contribution in [0.15, 0.2) is 0 Å². The van der Waals surface area contributed by atoms with Crippen LogP contribution >= 0.6 is 0 Å². The van der Waals surface area contributed by atoms with Gasteiger partial charge in [-0.05, 0) is 19.3 Å². The highest BCUT2D eigenvalue weighted by Crippen LogP contribution is 2.32. The van der Waals surface area contributed by atoms with E-state index in [1.54, 1.807) is 6.92 Å². The van der Waals surface area contributed by atoms with Gasteiger partial charge in [0.05, 0.1) is 26.4 Å². The Kier molecular flexibility index (Phi) is 17.4. The Labute approximate surface area is 285 Å². The second kappa shape index (κ2) is 20.4. The molecule has 0 aromatic carbocycles. The number of nitrogens with one attached hydrogen (secondary N) is 1. The van der Waals surface area contributed by atoms with Crippen molar-refractivity contribution in [3.63, 3.8) is 0 Å². The normalized spacial score (nSPS) is 39.8. The first-order valence-electron chi connectivity index (χ1n) is 16.9. The van der Waals surface area contributed by atoms with Crippen LogP contribution in [-0.4, -0.2) is 172 Å². The number of hydrogen-bond donors (Lipinski definition) is 9. The van der Waals surface area contributed by atoms with Gasteiger partial charge in [0.1, 0.15) is 67.1 Å². The van der Waals surface area contributed by atoms with Crippen molar-refractivity contribution in [3.8, 4) is 0 Å². The first kappa shape index (κ1) is 41.8. The topological polar surface area (TPSA) is 273 Å². The first-order chi connectivity index (χ1) is 23.3. The summed E-state index contributed by atoms with van der Waals surface area (Å²) in [7, 11) is 1.36. The maximum Gasteiger partial charge on any atom is 0.305 e. The maximum atomic E-state index is 11.9. The summed E-state index contributed by atoms with van der Waals surface area (Å²) in [5.41, 5.74) is 0. The molecule has 0 aromatic heterocycles. The number of hydrogen-bond acceptors (Lipinski definition) is 17. The number of ether oxygens (including phenoxy) is 7. The molecule has 9 N–H and O–H groups in total. The van der Waals surface area contributed by atoms with Crippen LogP contribution in [0.1, 0.15) is 65.2 Å². The minimum atomic E-state index is -1.66. The number of aliphatic hydroxyl groups excluding tert-OH is 8. The molecule has 3 fully saturated rings. The smallest absolute Gasteiger partial charge is 0.305 e. The summed E-state index contributed by atoms with van der Waals surface area (Å²) in [6.07, 6.45) is -15.1.